The molecule has 1 N–H and O–H groups in total. The fourth-order valence-electron chi connectivity index (χ4n) is 1.21. The first-order valence-electron chi connectivity index (χ1n) is 4.46. The summed E-state index contributed by atoms with van der Waals surface area (Å²) in [7, 11) is 0. The maximum absolute atomic E-state index is 4.21. The van der Waals surface area contributed by atoms with Gasteiger partial charge in [0.15, 0.2) is 0 Å². The van der Waals surface area contributed by atoms with Gasteiger partial charge in [0.05, 0.1) is 5.01 Å². The third-order valence-corrected chi connectivity index (χ3v) is 3.01. The topological polar surface area (TPSA) is 24.9 Å². The van der Waals surface area contributed by atoms with Gasteiger partial charge in [0.25, 0.3) is 0 Å². The first-order valence-corrected chi connectivity index (χ1v) is 5.28. The van der Waals surface area contributed by atoms with Gasteiger partial charge in [-0.3, -0.25) is 0 Å². The molecule has 1 aliphatic rings. The van der Waals surface area contributed by atoms with Crippen LogP contribution in [0.25, 0.3) is 0 Å². The molecule has 1 fully saturated rings. The average Bonchev–Trinajstić information content (AvgIpc) is 2.76. The molecule has 2 rings (SSSR count). The molecule has 0 aliphatic heterocycles. The lowest BCUT2D eigenvalue weighted by Gasteiger charge is -1.98. The molecule has 0 radical (unpaired) electrons. The molecule has 0 saturated heterocycles. The lowest BCUT2D eigenvalue weighted by molar-refractivity contribution is 0.643. The van der Waals surface area contributed by atoms with Crippen molar-refractivity contribution in [2.75, 3.05) is 6.54 Å². The molecule has 0 aromatic carbocycles. The maximum atomic E-state index is 4.21. The zero-order valence-corrected chi connectivity index (χ0v) is 8.16. The van der Waals surface area contributed by atoms with Gasteiger partial charge in [-0.15, -0.1) is 11.3 Å². The van der Waals surface area contributed by atoms with Crippen molar-refractivity contribution in [2.24, 2.45) is 5.92 Å². The fraction of sp³-hybridized carbons (Fsp3) is 0.667. The summed E-state index contributed by atoms with van der Waals surface area (Å²) in [6.07, 6.45) is 4.82. The molecule has 1 aromatic heterocycles. The maximum Gasteiger partial charge on any atom is 0.0897 e. The SMILES string of the molecule is Cc1ncc(CNCC2CC2)s1. The number of aryl methyl sites for hydroxylation is 1. The van der Waals surface area contributed by atoms with Crippen molar-refractivity contribution in [1.82, 2.24) is 10.3 Å². The molecule has 0 amide bonds. The number of aromatic nitrogens is 1. The quantitative estimate of drug-likeness (QED) is 0.770. The molecule has 0 bridgehead atoms. The van der Waals surface area contributed by atoms with Crippen molar-refractivity contribution in [1.29, 1.82) is 0 Å². The molecule has 1 aromatic rings. The Morgan fingerprint density at radius 1 is 1.67 bits per heavy atom. The second-order valence-electron chi connectivity index (χ2n) is 3.42. The van der Waals surface area contributed by atoms with E-state index < -0.39 is 0 Å². The highest BCUT2D eigenvalue weighted by Crippen LogP contribution is 2.27. The molecule has 3 heteroatoms. The number of hydrogen-bond acceptors (Lipinski definition) is 3. The molecule has 1 heterocycles. The summed E-state index contributed by atoms with van der Waals surface area (Å²) < 4.78 is 0. The molecule has 0 spiro atoms. The van der Waals surface area contributed by atoms with Crippen molar-refractivity contribution in [3.8, 4) is 0 Å². The first-order chi connectivity index (χ1) is 5.84. The van der Waals surface area contributed by atoms with Crippen molar-refractivity contribution in [3.63, 3.8) is 0 Å². The average molecular weight is 182 g/mol. The van der Waals surface area contributed by atoms with Gasteiger partial charge in [0.1, 0.15) is 0 Å². The summed E-state index contributed by atoms with van der Waals surface area (Å²) in [6, 6.07) is 0. The van der Waals surface area contributed by atoms with Crippen molar-refractivity contribution < 1.29 is 0 Å². The largest absolute Gasteiger partial charge is 0.312 e. The Morgan fingerprint density at radius 2 is 2.50 bits per heavy atom. The number of nitrogens with one attached hydrogen (secondary N) is 1. The summed E-state index contributed by atoms with van der Waals surface area (Å²) in [5.74, 6) is 0.971. The van der Waals surface area contributed by atoms with E-state index in [0.717, 1.165) is 12.5 Å². The van der Waals surface area contributed by atoms with E-state index >= 15 is 0 Å². The Kier molecular flexibility index (Phi) is 2.42. The summed E-state index contributed by atoms with van der Waals surface area (Å²) >= 11 is 1.79. The van der Waals surface area contributed by atoms with Crippen LogP contribution in [0, 0.1) is 12.8 Å². The predicted octanol–water partition coefficient (Wildman–Crippen LogP) is 1.95. The standard InChI is InChI=1S/C9H14N2S/c1-7-11-6-9(12-7)5-10-4-8-2-3-8/h6,8,10H,2-5H2,1H3. The second kappa shape index (κ2) is 3.54. The van der Waals surface area contributed by atoms with Crippen LogP contribution in [0.3, 0.4) is 0 Å². The van der Waals surface area contributed by atoms with Crippen LogP contribution < -0.4 is 5.32 Å². The predicted molar refractivity (Wildman–Crippen MR) is 51.3 cm³/mol. The summed E-state index contributed by atoms with van der Waals surface area (Å²) in [5.41, 5.74) is 0. The van der Waals surface area contributed by atoms with E-state index in [1.54, 1.807) is 11.3 Å². The lowest BCUT2D eigenvalue weighted by atomic mass is 10.4. The van der Waals surface area contributed by atoms with Crippen LogP contribution in [0.1, 0.15) is 22.7 Å². The molecule has 66 valence electrons. The molecule has 0 unspecified atom stereocenters. The van der Waals surface area contributed by atoms with Crippen LogP contribution in [0.15, 0.2) is 6.20 Å². The van der Waals surface area contributed by atoms with E-state index in [2.05, 4.69) is 17.2 Å². The number of nitrogens with zero attached hydrogens (tertiary/aromatic N) is 1. The third kappa shape index (κ3) is 2.29. The molecular weight excluding hydrogens is 168 g/mol. The van der Waals surface area contributed by atoms with Crippen molar-refractivity contribution >= 4 is 11.3 Å². The number of hydrogen-bond donors (Lipinski definition) is 1. The van der Waals surface area contributed by atoms with E-state index in [4.69, 9.17) is 0 Å². The van der Waals surface area contributed by atoms with Gasteiger partial charge >= 0.3 is 0 Å². The minimum Gasteiger partial charge on any atom is -0.312 e. The summed E-state index contributed by atoms with van der Waals surface area (Å²) in [5, 5.41) is 4.61. The van der Waals surface area contributed by atoms with Crippen LogP contribution >= 0.6 is 11.3 Å². The van der Waals surface area contributed by atoms with E-state index in [-0.39, 0.29) is 0 Å². The monoisotopic (exact) mass is 182 g/mol. The minimum atomic E-state index is 0.971. The normalized spacial score (nSPS) is 16.8. The van der Waals surface area contributed by atoms with Crippen LogP contribution in [-0.2, 0) is 6.54 Å². The van der Waals surface area contributed by atoms with Crippen molar-refractivity contribution in [3.05, 3.63) is 16.1 Å². The smallest absolute Gasteiger partial charge is 0.0897 e. The van der Waals surface area contributed by atoms with Gasteiger partial charge < -0.3 is 5.32 Å². The first kappa shape index (κ1) is 8.20. The molecule has 1 aliphatic carbocycles. The summed E-state index contributed by atoms with van der Waals surface area (Å²) in [6.45, 7) is 4.24. The Morgan fingerprint density at radius 3 is 3.08 bits per heavy atom. The van der Waals surface area contributed by atoms with E-state index in [1.165, 1.54) is 29.3 Å². The molecule has 0 atom stereocenters. The van der Waals surface area contributed by atoms with Gasteiger partial charge in [-0.2, -0.15) is 0 Å². The van der Waals surface area contributed by atoms with Crippen molar-refractivity contribution in [2.45, 2.75) is 26.3 Å². The van der Waals surface area contributed by atoms with Gasteiger partial charge in [0, 0.05) is 17.6 Å². The number of rotatable bonds is 4. The highest BCUT2D eigenvalue weighted by Gasteiger charge is 2.20. The highest BCUT2D eigenvalue weighted by atomic mass is 32.1. The zero-order valence-electron chi connectivity index (χ0n) is 7.34. The van der Waals surface area contributed by atoms with E-state index in [1.807, 2.05) is 6.20 Å². The number of thiazole rings is 1. The highest BCUT2D eigenvalue weighted by molar-refractivity contribution is 7.11. The minimum absolute atomic E-state index is 0.971. The Labute approximate surface area is 77.0 Å². The Balaban J connectivity index is 1.71. The van der Waals surface area contributed by atoms with Crippen LogP contribution in [0.2, 0.25) is 0 Å². The van der Waals surface area contributed by atoms with E-state index in [0.29, 0.717) is 0 Å². The fourth-order valence-corrected chi connectivity index (χ4v) is 1.97. The lowest BCUT2D eigenvalue weighted by Crippen LogP contribution is -2.15. The third-order valence-electron chi connectivity index (χ3n) is 2.10. The van der Waals surface area contributed by atoms with Crippen LogP contribution in [-0.4, -0.2) is 11.5 Å². The molecule has 1 saturated carbocycles. The van der Waals surface area contributed by atoms with Gasteiger partial charge in [-0.1, -0.05) is 0 Å². The van der Waals surface area contributed by atoms with E-state index in [9.17, 15) is 0 Å². The second-order valence-corrected chi connectivity index (χ2v) is 4.74. The van der Waals surface area contributed by atoms with Gasteiger partial charge in [0.2, 0.25) is 0 Å². The molecule has 2 nitrogen and oxygen atoms in total. The molecule has 12 heavy (non-hydrogen) atoms. The van der Waals surface area contributed by atoms with Crippen LogP contribution in [0.4, 0.5) is 0 Å². The zero-order chi connectivity index (χ0) is 8.39. The van der Waals surface area contributed by atoms with Gasteiger partial charge in [-0.05, 0) is 32.2 Å². The molecular formula is C9H14N2S. The van der Waals surface area contributed by atoms with Crippen LogP contribution in [0.5, 0.6) is 0 Å². The summed E-state index contributed by atoms with van der Waals surface area (Å²) in [4.78, 5) is 5.56. The van der Waals surface area contributed by atoms with Gasteiger partial charge in [-0.25, -0.2) is 4.98 Å². The Hall–Kier alpha value is -0.410. The Bertz CT molecular complexity index is 253.